The minimum Gasteiger partial charge on any atom is -0.273 e. The van der Waals surface area contributed by atoms with Crippen LogP contribution < -0.4 is 0 Å². The van der Waals surface area contributed by atoms with Crippen LogP contribution in [-0.4, -0.2) is 3.21 Å². The smallest absolute Gasteiger partial charge is 0.0240 e. The predicted molar refractivity (Wildman–Crippen MR) is 182 cm³/mol. The molecule has 0 aliphatic heterocycles. The monoisotopic (exact) mass is 742 g/mol. The van der Waals surface area contributed by atoms with E-state index in [2.05, 4.69) is 159 Å². The Morgan fingerprint density at radius 2 is 1.29 bits per heavy atom. The molecule has 0 radical (unpaired) electrons. The number of benzene rings is 6. The molecule has 0 amide bonds. The summed E-state index contributed by atoms with van der Waals surface area (Å²) in [7, 11) is 0. The van der Waals surface area contributed by atoms with E-state index in [4.69, 9.17) is 0 Å². The molecule has 0 saturated carbocycles. The van der Waals surface area contributed by atoms with Gasteiger partial charge in [0, 0.05) is 0 Å². The van der Waals surface area contributed by atoms with Crippen molar-refractivity contribution < 1.29 is 24.2 Å². The number of hydrogen-bond donors (Lipinski definition) is 0. The van der Waals surface area contributed by atoms with Gasteiger partial charge in [-0.2, -0.15) is 6.08 Å². The van der Waals surface area contributed by atoms with Crippen LogP contribution in [0.2, 0.25) is 0 Å². The van der Waals surface area contributed by atoms with Gasteiger partial charge in [-0.1, -0.05) is 53.9 Å². The van der Waals surface area contributed by atoms with E-state index in [1.807, 2.05) is 18.2 Å². The molecule has 0 bridgehead atoms. The number of rotatable bonds is 2. The molecule has 0 heterocycles. The molecule has 8 rings (SSSR count). The second-order valence-electron chi connectivity index (χ2n) is 10.1. The number of halogens is 2. The molecule has 0 aromatic heterocycles. The Morgan fingerprint density at radius 1 is 0.667 bits per heavy atom. The Morgan fingerprint density at radius 3 is 1.90 bits per heavy atom. The Kier molecular flexibility index (Phi) is 9.40. The Bertz CT molecular complexity index is 1890. The van der Waals surface area contributed by atoms with Gasteiger partial charge in [-0.15, -0.1) is 47.0 Å². The third-order valence-corrected chi connectivity index (χ3v) is 9.93. The maximum Gasteiger partial charge on any atom is -0.0240 e. The fourth-order valence-electron chi connectivity index (χ4n) is 5.47. The number of hydrogen-bond acceptors (Lipinski definition) is 0. The van der Waals surface area contributed by atoms with Crippen molar-refractivity contribution >= 4 is 56.6 Å². The Hall–Kier alpha value is -2.97. The van der Waals surface area contributed by atoms with Crippen molar-refractivity contribution in [3.63, 3.8) is 0 Å². The summed E-state index contributed by atoms with van der Waals surface area (Å²) in [6.45, 7) is 0. The van der Waals surface area contributed by atoms with Gasteiger partial charge in [0.05, 0.1) is 0 Å². The van der Waals surface area contributed by atoms with Crippen LogP contribution in [0.3, 0.4) is 0 Å². The Labute approximate surface area is 279 Å². The molecule has 0 spiro atoms. The van der Waals surface area contributed by atoms with Gasteiger partial charge in [0.15, 0.2) is 0 Å². The molecule has 2 aliphatic carbocycles. The molecule has 0 N–H and O–H groups in total. The van der Waals surface area contributed by atoms with Crippen molar-refractivity contribution in [2.75, 3.05) is 0 Å². The maximum atomic E-state index is 3.48. The minimum absolute atomic E-state index is 1.01. The topological polar surface area (TPSA) is 0 Å². The molecule has 0 fully saturated rings. The van der Waals surface area contributed by atoms with Crippen molar-refractivity contribution in [3.05, 3.63) is 177 Å². The fraction of sp³-hybridized carbons (Fsp3) is 0.0513. The van der Waals surface area contributed by atoms with E-state index in [0.29, 0.717) is 0 Å². The van der Waals surface area contributed by atoms with E-state index in [0.717, 1.165) is 21.8 Å². The zero-order valence-corrected chi connectivity index (χ0v) is 28.5. The van der Waals surface area contributed by atoms with Crippen LogP contribution in [0.4, 0.5) is 0 Å². The van der Waals surface area contributed by atoms with Crippen LogP contribution in [0.5, 0.6) is 0 Å². The van der Waals surface area contributed by atoms with Gasteiger partial charge < -0.3 is 0 Å². The minimum atomic E-state index is 1.01. The van der Waals surface area contributed by atoms with Gasteiger partial charge in [-0.05, 0) is 28.5 Å². The van der Waals surface area contributed by atoms with Gasteiger partial charge >= 0.3 is 128 Å². The largest absolute Gasteiger partial charge is 0.273 e. The van der Waals surface area contributed by atoms with E-state index in [1.165, 1.54) is 82.4 Å². The van der Waals surface area contributed by atoms with Crippen LogP contribution in [-0.2, 0) is 30.7 Å². The molecular formula is C39H26Br2Zr. The van der Waals surface area contributed by atoms with Crippen LogP contribution in [0.1, 0.15) is 28.7 Å². The van der Waals surface area contributed by atoms with Crippen LogP contribution in [0, 0.1) is 12.1 Å². The summed E-state index contributed by atoms with van der Waals surface area (Å²) in [5.41, 5.74) is 8.26. The number of fused-ring (bicyclic) bond motifs is 8. The molecule has 0 saturated heterocycles. The first-order chi connectivity index (χ1) is 20.6. The summed E-state index contributed by atoms with van der Waals surface area (Å²) in [4.78, 5) is 0. The van der Waals surface area contributed by atoms with Crippen molar-refractivity contribution in [1.29, 1.82) is 0 Å². The molecule has 200 valence electrons. The molecule has 6 aromatic rings. The van der Waals surface area contributed by atoms with Crippen molar-refractivity contribution in [2.45, 2.75) is 12.8 Å². The first kappa shape index (κ1) is 29.1. The third-order valence-electron chi connectivity index (χ3n) is 7.45. The molecular weight excluding hydrogens is 719 g/mol. The Balaban J connectivity index is 0.000000133. The summed E-state index contributed by atoms with van der Waals surface area (Å²) in [6.07, 6.45) is 11.0. The van der Waals surface area contributed by atoms with E-state index >= 15 is 0 Å². The quantitative estimate of drug-likeness (QED) is 0.122. The van der Waals surface area contributed by atoms with Crippen molar-refractivity contribution in [2.24, 2.45) is 0 Å². The first-order valence-corrected chi connectivity index (χ1v) is 16.7. The summed E-state index contributed by atoms with van der Waals surface area (Å²) in [6, 6.07) is 44.3. The summed E-state index contributed by atoms with van der Waals surface area (Å²) in [5, 5.41) is 5.30. The predicted octanol–water partition coefficient (Wildman–Crippen LogP) is 11.0. The van der Waals surface area contributed by atoms with Gasteiger partial charge in [0.1, 0.15) is 0 Å². The molecule has 0 atom stereocenters. The SMILES string of the molecule is Brc1ccc([C](=[Zr+2])c2ccc(Br)cc2)cc1.[C-]1=CC=CC1.[c-]1cccc2c1c1c(c3ccccc32)-c2ccccc2C1. The molecule has 42 heavy (non-hydrogen) atoms. The van der Waals surface area contributed by atoms with Crippen LogP contribution in [0.15, 0.2) is 142 Å². The summed E-state index contributed by atoms with van der Waals surface area (Å²) in [5.74, 6) is 0. The van der Waals surface area contributed by atoms with Crippen molar-refractivity contribution in [3.8, 4) is 11.1 Å². The molecule has 0 unspecified atom stereocenters. The molecule has 3 heteroatoms. The van der Waals surface area contributed by atoms with Crippen LogP contribution in [0.25, 0.3) is 32.7 Å². The van der Waals surface area contributed by atoms with Gasteiger partial charge in [0.25, 0.3) is 0 Å². The fourth-order valence-corrected chi connectivity index (χ4v) is 6.82. The van der Waals surface area contributed by atoms with Gasteiger partial charge in [-0.25, -0.2) is 12.2 Å². The molecule has 6 aromatic carbocycles. The summed E-state index contributed by atoms with van der Waals surface area (Å²) >= 11 is 8.34. The standard InChI is InChI=1S/C21H13.C13H8Br2.C5H5.Zr/c1-2-8-15-14(7-1)13-20-18-11-4-3-9-16(18)17-10-5-6-12-19(17)21(15)20;14-12-5-1-10(2-6-12)9-11-3-7-13(15)8-4-11;1-2-4-5-3-1;/h1-10,12H,13H2;1-8H;1-3H,4H2;/q-1;;-1;+2. The zero-order valence-electron chi connectivity index (χ0n) is 22.9. The van der Waals surface area contributed by atoms with E-state index in [9.17, 15) is 0 Å². The first-order valence-electron chi connectivity index (χ1n) is 13.8. The third kappa shape index (κ3) is 6.35. The number of allylic oxidation sites excluding steroid dienone is 4. The van der Waals surface area contributed by atoms with E-state index in [-0.39, 0.29) is 0 Å². The van der Waals surface area contributed by atoms with E-state index in [1.54, 1.807) is 0 Å². The zero-order chi connectivity index (χ0) is 28.9. The average molecular weight is 746 g/mol. The summed E-state index contributed by atoms with van der Waals surface area (Å²) < 4.78 is 3.62. The second-order valence-corrected chi connectivity index (χ2v) is 13.1. The molecule has 0 nitrogen and oxygen atoms in total. The van der Waals surface area contributed by atoms with E-state index < -0.39 is 0 Å². The van der Waals surface area contributed by atoms with Crippen molar-refractivity contribution in [1.82, 2.24) is 0 Å². The molecule has 2 aliphatic rings. The van der Waals surface area contributed by atoms with Gasteiger partial charge in [0.2, 0.25) is 0 Å². The van der Waals surface area contributed by atoms with Gasteiger partial charge in [-0.3, -0.25) is 6.08 Å². The maximum absolute atomic E-state index is 3.48. The normalized spacial score (nSPS) is 12.3. The van der Waals surface area contributed by atoms with Crippen LogP contribution >= 0.6 is 31.9 Å². The second kappa shape index (κ2) is 13.6. The average Bonchev–Trinajstić information content (AvgIpc) is 3.75.